The molecular weight excluding hydrogens is 208 g/mol. The summed E-state index contributed by atoms with van der Waals surface area (Å²) >= 11 is 0. The smallest absolute Gasteiger partial charge is 0.0393 e. The van der Waals surface area contributed by atoms with Crippen LogP contribution in [0.3, 0.4) is 0 Å². The van der Waals surface area contributed by atoms with Gasteiger partial charge in [-0.3, -0.25) is 0 Å². The molecule has 1 aliphatic carbocycles. The highest BCUT2D eigenvalue weighted by Crippen LogP contribution is 2.41. The normalized spacial score (nSPS) is 32.0. The van der Waals surface area contributed by atoms with Crippen molar-refractivity contribution in [3.8, 4) is 0 Å². The molecule has 0 saturated heterocycles. The van der Waals surface area contributed by atoms with E-state index < -0.39 is 0 Å². The first-order valence-electron chi connectivity index (χ1n) is 6.88. The zero-order valence-corrected chi connectivity index (χ0v) is 10.6. The lowest BCUT2D eigenvalue weighted by Gasteiger charge is -2.38. The predicted octanol–water partition coefficient (Wildman–Crippen LogP) is 3.37. The first kappa shape index (κ1) is 11.1. The van der Waals surface area contributed by atoms with E-state index in [9.17, 15) is 0 Å². The molecule has 0 radical (unpaired) electrons. The van der Waals surface area contributed by atoms with Crippen LogP contribution in [-0.4, -0.2) is 6.04 Å². The van der Waals surface area contributed by atoms with Crippen LogP contribution in [0.25, 0.3) is 0 Å². The third-order valence-electron chi connectivity index (χ3n) is 4.44. The molecule has 1 heterocycles. The van der Waals surface area contributed by atoms with Crippen LogP contribution in [0.2, 0.25) is 0 Å². The van der Waals surface area contributed by atoms with E-state index in [1.807, 2.05) is 0 Å². The van der Waals surface area contributed by atoms with Gasteiger partial charge in [-0.05, 0) is 42.9 Å². The summed E-state index contributed by atoms with van der Waals surface area (Å²) in [5.41, 5.74) is 10.4. The highest BCUT2D eigenvalue weighted by Gasteiger charge is 2.34. The third-order valence-corrected chi connectivity index (χ3v) is 4.44. The summed E-state index contributed by atoms with van der Waals surface area (Å²) in [6, 6.07) is 7.47. The Labute approximate surface area is 104 Å². The van der Waals surface area contributed by atoms with Crippen molar-refractivity contribution in [3.63, 3.8) is 0 Å². The quantitative estimate of drug-likeness (QED) is 0.717. The lowest BCUT2D eigenvalue weighted by Crippen LogP contribution is -2.40. The van der Waals surface area contributed by atoms with Crippen molar-refractivity contribution in [1.29, 1.82) is 0 Å². The Kier molecular flexibility index (Phi) is 2.83. The second kappa shape index (κ2) is 4.34. The molecule has 1 aromatic carbocycles. The molecular formula is C15H22N2. The van der Waals surface area contributed by atoms with Crippen LogP contribution in [0.4, 0.5) is 5.69 Å². The number of rotatable bonds is 0. The van der Waals surface area contributed by atoms with Gasteiger partial charge in [0.15, 0.2) is 0 Å². The Bertz CT molecular complexity index is 413. The zero-order valence-electron chi connectivity index (χ0n) is 10.6. The summed E-state index contributed by atoms with van der Waals surface area (Å²) < 4.78 is 0. The molecule has 92 valence electrons. The van der Waals surface area contributed by atoms with E-state index in [1.54, 1.807) is 0 Å². The van der Waals surface area contributed by atoms with Gasteiger partial charge in [-0.15, -0.1) is 0 Å². The summed E-state index contributed by atoms with van der Waals surface area (Å²) in [5.74, 6) is 0.632. The Balaban J connectivity index is 1.97. The highest BCUT2D eigenvalue weighted by atomic mass is 15.0. The van der Waals surface area contributed by atoms with Crippen LogP contribution < -0.4 is 11.1 Å². The average Bonchev–Trinajstić information content (AvgIpc) is 2.54. The standard InChI is InChI=1S/C15H22N2/c1-10-7-8-12-14(9-10)17-13-6-4-2-3-5-11(13)15(12)16/h7-9,11,13,15,17H,2-6,16H2,1H3. The minimum absolute atomic E-state index is 0.231. The molecule has 3 atom stereocenters. The van der Waals surface area contributed by atoms with Crippen LogP contribution in [0.1, 0.15) is 49.3 Å². The van der Waals surface area contributed by atoms with E-state index in [-0.39, 0.29) is 6.04 Å². The number of hydrogen-bond acceptors (Lipinski definition) is 2. The molecule has 3 rings (SSSR count). The second-order valence-corrected chi connectivity index (χ2v) is 5.67. The number of benzene rings is 1. The van der Waals surface area contributed by atoms with Gasteiger partial charge in [0, 0.05) is 17.8 Å². The first-order valence-corrected chi connectivity index (χ1v) is 6.88. The molecule has 1 fully saturated rings. The van der Waals surface area contributed by atoms with Crippen molar-refractivity contribution in [2.45, 2.75) is 51.1 Å². The fourth-order valence-electron chi connectivity index (χ4n) is 3.46. The van der Waals surface area contributed by atoms with Crippen LogP contribution in [0, 0.1) is 12.8 Å². The Hall–Kier alpha value is -1.02. The van der Waals surface area contributed by atoms with Crippen LogP contribution in [-0.2, 0) is 0 Å². The number of fused-ring (bicyclic) bond motifs is 2. The van der Waals surface area contributed by atoms with Gasteiger partial charge in [-0.1, -0.05) is 31.4 Å². The fourth-order valence-corrected chi connectivity index (χ4v) is 3.46. The molecule has 2 nitrogen and oxygen atoms in total. The second-order valence-electron chi connectivity index (χ2n) is 5.67. The molecule has 1 saturated carbocycles. The number of nitrogens with two attached hydrogens (primary N) is 1. The number of hydrogen-bond donors (Lipinski definition) is 2. The molecule has 0 bridgehead atoms. The Morgan fingerprint density at radius 3 is 2.88 bits per heavy atom. The highest BCUT2D eigenvalue weighted by molar-refractivity contribution is 5.57. The molecule has 0 spiro atoms. The zero-order chi connectivity index (χ0) is 11.8. The van der Waals surface area contributed by atoms with Gasteiger partial charge < -0.3 is 11.1 Å². The third kappa shape index (κ3) is 1.95. The minimum atomic E-state index is 0.231. The average molecular weight is 230 g/mol. The molecule has 3 unspecified atom stereocenters. The van der Waals surface area contributed by atoms with Gasteiger partial charge in [0.1, 0.15) is 0 Å². The Morgan fingerprint density at radius 1 is 1.18 bits per heavy atom. The molecule has 1 aromatic rings. The maximum Gasteiger partial charge on any atom is 0.0393 e. The van der Waals surface area contributed by atoms with Crippen molar-refractivity contribution < 1.29 is 0 Å². The van der Waals surface area contributed by atoms with E-state index in [2.05, 4.69) is 30.4 Å². The summed E-state index contributed by atoms with van der Waals surface area (Å²) in [5, 5.41) is 3.73. The molecule has 2 heteroatoms. The first-order chi connectivity index (χ1) is 8.25. The van der Waals surface area contributed by atoms with Gasteiger partial charge in [0.05, 0.1) is 0 Å². The van der Waals surface area contributed by atoms with Gasteiger partial charge in [-0.2, -0.15) is 0 Å². The van der Waals surface area contributed by atoms with Gasteiger partial charge in [0.25, 0.3) is 0 Å². The largest absolute Gasteiger partial charge is 0.382 e. The molecule has 2 aliphatic rings. The van der Waals surface area contributed by atoms with E-state index in [0.29, 0.717) is 12.0 Å². The number of nitrogens with one attached hydrogen (secondary N) is 1. The molecule has 17 heavy (non-hydrogen) atoms. The summed E-state index contributed by atoms with van der Waals surface area (Å²) in [4.78, 5) is 0. The van der Waals surface area contributed by atoms with E-state index in [0.717, 1.165) is 0 Å². The maximum absolute atomic E-state index is 6.48. The van der Waals surface area contributed by atoms with Gasteiger partial charge in [0.2, 0.25) is 0 Å². The summed E-state index contributed by atoms with van der Waals surface area (Å²) in [6.45, 7) is 2.15. The van der Waals surface area contributed by atoms with Crippen molar-refractivity contribution in [2.75, 3.05) is 5.32 Å². The topological polar surface area (TPSA) is 38.0 Å². The number of anilines is 1. The van der Waals surface area contributed by atoms with Crippen molar-refractivity contribution in [3.05, 3.63) is 29.3 Å². The fraction of sp³-hybridized carbons (Fsp3) is 0.600. The predicted molar refractivity (Wildman–Crippen MR) is 72.1 cm³/mol. The van der Waals surface area contributed by atoms with Crippen molar-refractivity contribution in [1.82, 2.24) is 0 Å². The van der Waals surface area contributed by atoms with Crippen molar-refractivity contribution in [2.24, 2.45) is 11.7 Å². The summed E-state index contributed by atoms with van der Waals surface area (Å²) in [6.07, 6.45) is 6.63. The minimum Gasteiger partial charge on any atom is -0.382 e. The van der Waals surface area contributed by atoms with Gasteiger partial charge in [-0.25, -0.2) is 0 Å². The van der Waals surface area contributed by atoms with Crippen LogP contribution in [0.15, 0.2) is 18.2 Å². The molecule has 3 N–H and O–H groups in total. The Morgan fingerprint density at radius 2 is 2.00 bits per heavy atom. The van der Waals surface area contributed by atoms with E-state index >= 15 is 0 Å². The van der Waals surface area contributed by atoms with Gasteiger partial charge >= 0.3 is 0 Å². The van der Waals surface area contributed by atoms with Crippen molar-refractivity contribution >= 4 is 5.69 Å². The number of aryl methyl sites for hydroxylation is 1. The molecule has 1 aliphatic heterocycles. The lowest BCUT2D eigenvalue weighted by molar-refractivity contribution is 0.340. The van der Waals surface area contributed by atoms with E-state index in [4.69, 9.17) is 5.73 Å². The lowest BCUT2D eigenvalue weighted by atomic mass is 9.80. The van der Waals surface area contributed by atoms with Crippen LogP contribution in [0.5, 0.6) is 0 Å². The monoisotopic (exact) mass is 230 g/mol. The van der Waals surface area contributed by atoms with Crippen LogP contribution >= 0.6 is 0 Å². The summed E-state index contributed by atoms with van der Waals surface area (Å²) in [7, 11) is 0. The SMILES string of the molecule is Cc1ccc2c(c1)NC1CCCCCC1C2N. The maximum atomic E-state index is 6.48. The van der Waals surface area contributed by atoms with E-state index in [1.165, 1.54) is 48.9 Å². The molecule has 0 amide bonds. The molecule has 0 aromatic heterocycles.